The Balaban J connectivity index is 2.96. The summed E-state index contributed by atoms with van der Waals surface area (Å²) in [5.41, 5.74) is 6.33. The number of halogens is 1. The fraction of sp³-hybridized carbons (Fsp3) is 0.462. The van der Waals surface area contributed by atoms with Gasteiger partial charge in [-0.15, -0.1) is 0 Å². The molecule has 106 valence electrons. The molecule has 0 spiro atoms. The summed E-state index contributed by atoms with van der Waals surface area (Å²) < 4.78 is 10.5. The second-order valence-corrected chi connectivity index (χ2v) is 4.66. The number of hydrogen-bond donors (Lipinski definition) is 1. The van der Waals surface area contributed by atoms with E-state index in [0.717, 1.165) is 0 Å². The molecule has 6 heteroatoms. The predicted molar refractivity (Wildman–Crippen MR) is 75.9 cm³/mol. The molecule has 0 unspecified atom stereocenters. The first-order valence-corrected chi connectivity index (χ1v) is 6.37. The van der Waals surface area contributed by atoms with Gasteiger partial charge in [-0.1, -0.05) is 11.6 Å². The van der Waals surface area contributed by atoms with Crippen LogP contribution >= 0.6 is 11.6 Å². The van der Waals surface area contributed by atoms with Crippen LogP contribution in [-0.4, -0.2) is 44.7 Å². The van der Waals surface area contributed by atoms with Crippen molar-refractivity contribution in [3.8, 4) is 5.75 Å². The average Bonchev–Trinajstić information content (AvgIpc) is 2.31. The highest BCUT2D eigenvalue weighted by molar-refractivity contribution is 6.33. The van der Waals surface area contributed by atoms with E-state index >= 15 is 0 Å². The van der Waals surface area contributed by atoms with E-state index in [9.17, 15) is 4.79 Å². The molecule has 0 heterocycles. The van der Waals surface area contributed by atoms with Crippen molar-refractivity contribution in [1.82, 2.24) is 4.90 Å². The van der Waals surface area contributed by atoms with E-state index in [0.29, 0.717) is 29.6 Å². The molecule has 0 bridgehead atoms. The predicted octanol–water partition coefficient (Wildman–Crippen LogP) is 2.04. The Morgan fingerprint density at radius 2 is 2.11 bits per heavy atom. The van der Waals surface area contributed by atoms with E-state index in [1.165, 1.54) is 6.07 Å². The molecule has 0 atom stereocenters. The van der Waals surface area contributed by atoms with Crippen LogP contribution in [0.5, 0.6) is 5.75 Å². The molecule has 0 amide bonds. The molecular formula is C13H19ClN2O3. The third-order valence-electron chi connectivity index (χ3n) is 2.35. The van der Waals surface area contributed by atoms with Crippen molar-refractivity contribution in [1.29, 1.82) is 0 Å². The fourth-order valence-electron chi connectivity index (χ4n) is 1.45. The van der Waals surface area contributed by atoms with Gasteiger partial charge in [0.2, 0.25) is 0 Å². The summed E-state index contributed by atoms with van der Waals surface area (Å²) in [6.07, 6.45) is 0. The summed E-state index contributed by atoms with van der Waals surface area (Å²) in [4.78, 5) is 13.8. The summed E-state index contributed by atoms with van der Waals surface area (Å²) in [7, 11) is 3.86. The van der Waals surface area contributed by atoms with Crippen LogP contribution in [0.2, 0.25) is 5.02 Å². The van der Waals surface area contributed by atoms with E-state index in [4.69, 9.17) is 26.8 Å². The number of nitrogens with zero attached hydrogens (tertiary/aromatic N) is 1. The first kappa shape index (κ1) is 15.6. The van der Waals surface area contributed by atoms with Gasteiger partial charge < -0.3 is 20.1 Å². The number of carbonyl (C=O) groups is 1. The van der Waals surface area contributed by atoms with E-state index in [1.54, 1.807) is 13.0 Å². The number of hydrogen-bond acceptors (Lipinski definition) is 5. The zero-order valence-corrected chi connectivity index (χ0v) is 12.2. The van der Waals surface area contributed by atoms with Gasteiger partial charge in [-0.3, -0.25) is 0 Å². The molecule has 0 saturated heterocycles. The standard InChI is InChI=1S/C13H19ClN2O3/c1-4-18-13(17)10-7-9(15)8-11(14)12(10)19-6-5-16(2)3/h7-8H,4-6,15H2,1-3H3. The molecule has 0 aliphatic rings. The second kappa shape index (κ2) is 7.21. The Kier molecular flexibility index (Phi) is 5.92. The fourth-order valence-corrected chi connectivity index (χ4v) is 1.73. The highest BCUT2D eigenvalue weighted by atomic mass is 35.5. The maximum Gasteiger partial charge on any atom is 0.342 e. The molecule has 1 aromatic rings. The highest BCUT2D eigenvalue weighted by Crippen LogP contribution is 2.32. The van der Waals surface area contributed by atoms with E-state index < -0.39 is 5.97 Å². The van der Waals surface area contributed by atoms with Crippen molar-refractivity contribution < 1.29 is 14.3 Å². The molecule has 0 radical (unpaired) electrons. The van der Waals surface area contributed by atoms with Crippen molar-refractivity contribution in [3.05, 3.63) is 22.7 Å². The number of carbonyl (C=O) groups excluding carboxylic acids is 1. The lowest BCUT2D eigenvalue weighted by Crippen LogP contribution is -2.20. The minimum Gasteiger partial charge on any atom is -0.490 e. The molecule has 0 aromatic heterocycles. The minimum atomic E-state index is -0.489. The number of esters is 1. The third kappa shape index (κ3) is 4.61. The van der Waals surface area contributed by atoms with Crippen molar-refractivity contribution >= 4 is 23.3 Å². The quantitative estimate of drug-likeness (QED) is 0.640. The Morgan fingerprint density at radius 1 is 1.42 bits per heavy atom. The summed E-state index contributed by atoms with van der Waals surface area (Å²) in [5.74, 6) is -0.173. The van der Waals surface area contributed by atoms with Crippen LogP contribution in [0.15, 0.2) is 12.1 Å². The number of benzene rings is 1. The van der Waals surface area contributed by atoms with Gasteiger partial charge >= 0.3 is 5.97 Å². The van der Waals surface area contributed by atoms with Crippen LogP contribution in [0.4, 0.5) is 5.69 Å². The molecule has 19 heavy (non-hydrogen) atoms. The monoisotopic (exact) mass is 286 g/mol. The van der Waals surface area contributed by atoms with Crippen molar-refractivity contribution in [3.63, 3.8) is 0 Å². The Bertz CT molecular complexity index is 450. The number of nitrogens with two attached hydrogens (primary N) is 1. The zero-order valence-electron chi connectivity index (χ0n) is 11.4. The topological polar surface area (TPSA) is 64.8 Å². The zero-order chi connectivity index (χ0) is 14.4. The number of likely N-dealkylation sites (N-methyl/N-ethyl adjacent to an activating group) is 1. The minimum absolute atomic E-state index is 0.255. The largest absolute Gasteiger partial charge is 0.490 e. The van der Waals surface area contributed by atoms with Gasteiger partial charge in [0.25, 0.3) is 0 Å². The van der Waals surface area contributed by atoms with E-state index in [-0.39, 0.29) is 12.2 Å². The third-order valence-corrected chi connectivity index (χ3v) is 2.63. The van der Waals surface area contributed by atoms with E-state index in [1.807, 2.05) is 19.0 Å². The van der Waals surface area contributed by atoms with Crippen LogP contribution in [0.25, 0.3) is 0 Å². The second-order valence-electron chi connectivity index (χ2n) is 4.25. The molecule has 0 fully saturated rings. The molecule has 0 aliphatic heterocycles. The molecule has 1 rings (SSSR count). The Hall–Kier alpha value is -1.46. The van der Waals surface area contributed by atoms with Gasteiger partial charge in [0, 0.05) is 12.2 Å². The van der Waals surface area contributed by atoms with Crippen molar-refractivity contribution in [2.24, 2.45) is 0 Å². The maximum atomic E-state index is 11.8. The first-order valence-electron chi connectivity index (χ1n) is 5.99. The number of ether oxygens (including phenoxy) is 2. The van der Waals surface area contributed by atoms with Gasteiger partial charge in [0.05, 0.1) is 11.6 Å². The molecule has 5 nitrogen and oxygen atoms in total. The van der Waals surface area contributed by atoms with Gasteiger partial charge in [0.15, 0.2) is 5.75 Å². The van der Waals surface area contributed by atoms with Crippen LogP contribution in [-0.2, 0) is 4.74 Å². The lowest BCUT2D eigenvalue weighted by atomic mass is 10.2. The maximum absolute atomic E-state index is 11.8. The number of anilines is 1. The number of nitrogen functional groups attached to an aromatic ring is 1. The lowest BCUT2D eigenvalue weighted by molar-refractivity contribution is 0.0521. The van der Waals surface area contributed by atoms with E-state index in [2.05, 4.69) is 0 Å². The number of rotatable bonds is 6. The average molecular weight is 287 g/mol. The highest BCUT2D eigenvalue weighted by Gasteiger charge is 2.18. The smallest absolute Gasteiger partial charge is 0.342 e. The Morgan fingerprint density at radius 3 is 2.68 bits per heavy atom. The Labute approximate surface area is 118 Å². The SMILES string of the molecule is CCOC(=O)c1cc(N)cc(Cl)c1OCCN(C)C. The normalized spacial score (nSPS) is 10.6. The molecule has 2 N–H and O–H groups in total. The van der Waals surface area contributed by atoms with Gasteiger partial charge in [0.1, 0.15) is 12.2 Å². The molecule has 1 aromatic carbocycles. The lowest BCUT2D eigenvalue weighted by Gasteiger charge is -2.15. The van der Waals surface area contributed by atoms with Gasteiger partial charge in [-0.2, -0.15) is 0 Å². The van der Waals surface area contributed by atoms with Crippen molar-refractivity contribution in [2.45, 2.75) is 6.92 Å². The van der Waals surface area contributed by atoms with Crippen LogP contribution in [0, 0.1) is 0 Å². The van der Waals surface area contributed by atoms with Crippen molar-refractivity contribution in [2.75, 3.05) is 39.6 Å². The summed E-state index contributed by atoms with van der Waals surface area (Å²) in [6.45, 7) is 3.15. The summed E-state index contributed by atoms with van der Waals surface area (Å²) in [5, 5.41) is 0.307. The summed E-state index contributed by atoms with van der Waals surface area (Å²) in [6, 6.07) is 3.06. The molecule has 0 saturated carbocycles. The molecule has 0 aliphatic carbocycles. The van der Waals surface area contributed by atoms with Gasteiger partial charge in [-0.05, 0) is 33.2 Å². The van der Waals surface area contributed by atoms with Gasteiger partial charge in [-0.25, -0.2) is 4.79 Å². The first-order chi connectivity index (χ1) is 8.95. The van der Waals surface area contributed by atoms with Crippen LogP contribution in [0.3, 0.4) is 0 Å². The van der Waals surface area contributed by atoms with Crippen LogP contribution < -0.4 is 10.5 Å². The molecular weight excluding hydrogens is 268 g/mol. The van der Waals surface area contributed by atoms with Crippen LogP contribution in [0.1, 0.15) is 17.3 Å². The summed E-state index contributed by atoms with van der Waals surface area (Å²) >= 11 is 6.07.